The molecule has 1 atom stereocenters. The molecule has 0 amide bonds. The van der Waals surface area contributed by atoms with Crippen molar-refractivity contribution in [2.45, 2.75) is 6.29 Å². The second-order valence-corrected chi connectivity index (χ2v) is 3.40. The Hall–Kier alpha value is -1.00. The van der Waals surface area contributed by atoms with Gasteiger partial charge in [-0.05, 0) is 6.07 Å². The lowest BCUT2D eigenvalue weighted by Crippen LogP contribution is -2.00. The Balaban J connectivity index is 2.30. The number of hydrogen-bond donors (Lipinski definition) is 2. The van der Waals surface area contributed by atoms with Crippen LogP contribution in [0.25, 0.3) is 0 Å². The maximum atomic E-state index is 11.2. The Morgan fingerprint density at radius 1 is 1.36 bits per heavy atom. The number of ether oxygens (including phenoxy) is 1. The first-order valence-corrected chi connectivity index (χ1v) is 4.99. The summed E-state index contributed by atoms with van der Waals surface area (Å²) < 4.78 is 9.42. The molecule has 0 fully saturated rings. The van der Waals surface area contributed by atoms with Gasteiger partial charge < -0.3 is 14.5 Å². The minimum absolute atomic E-state index is 0.398. The largest absolute Gasteiger partial charge is 0.427 e. The van der Waals surface area contributed by atoms with E-state index in [0.717, 1.165) is 0 Å². The predicted molar refractivity (Wildman–Crippen MR) is 47.0 cm³/mol. The molecule has 6 heteroatoms. The molecule has 0 aliphatic carbocycles. The average Bonchev–Trinajstić information content (AvgIpc) is 2.44. The second-order valence-electron chi connectivity index (χ2n) is 2.68. The highest BCUT2D eigenvalue weighted by Crippen LogP contribution is 2.40. The van der Waals surface area contributed by atoms with Crippen molar-refractivity contribution in [1.82, 2.24) is 0 Å². The number of benzene rings is 1. The Kier molecular flexibility index (Phi) is 2.48. The summed E-state index contributed by atoms with van der Waals surface area (Å²) >= 11 is 0. The SMILES string of the molecule is O=C1OC(OP(O)O)c2ccccc21. The summed E-state index contributed by atoms with van der Waals surface area (Å²) in [7, 11) is -2.53. The van der Waals surface area contributed by atoms with Crippen LogP contribution in [0.1, 0.15) is 22.2 Å². The van der Waals surface area contributed by atoms with E-state index in [0.29, 0.717) is 11.1 Å². The number of rotatable bonds is 2. The van der Waals surface area contributed by atoms with E-state index in [2.05, 4.69) is 4.52 Å². The van der Waals surface area contributed by atoms with E-state index in [1.54, 1.807) is 24.3 Å². The van der Waals surface area contributed by atoms with Crippen molar-refractivity contribution in [3.05, 3.63) is 35.4 Å². The van der Waals surface area contributed by atoms with Crippen molar-refractivity contribution in [1.29, 1.82) is 0 Å². The first-order valence-electron chi connectivity index (χ1n) is 3.83. The molecule has 1 aromatic rings. The van der Waals surface area contributed by atoms with E-state index in [1.165, 1.54) is 0 Å². The maximum Gasteiger partial charge on any atom is 0.341 e. The molecule has 74 valence electrons. The Morgan fingerprint density at radius 2 is 2.07 bits per heavy atom. The van der Waals surface area contributed by atoms with E-state index < -0.39 is 20.9 Å². The normalized spacial score (nSPS) is 19.6. The van der Waals surface area contributed by atoms with E-state index in [4.69, 9.17) is 14.5 Å². The molecule has 0 bridgehead atoms. The molecule has 2 N–H and O–H groups in total. The smallest absolute Gasteiger partial charge is 0.341 e. The van der Waals surface area contributed by atoms with Crippen LogP contribution < -0.4 is 0 Å². The molecular weight excluding hydrogens is 207 g/mol. The first-order chi connectivity index (χ1) is 6.68. The van der Waals surface area contributed by atoms with E-state index in [-0.39, 0.29) is 0 Å². The number of hydrogen-bond acceptors (Lipinski definition) is 5. The van der Waals surface area contributed by atoms with Crippen LogP contribution >= 0.6 is 8.60 Å². The molecule has 0 aromatic heterocycles. The fourth-order valence-corrected chi connectivity index (χ4v) is 1.60. The van der Waals surface area contributed by atoms with Gasteiger partial charge in [0, 0.05) is 5.56 Å². The lowest BCUT2D eigenvalue weighted by atomic mass is 10.1. The van der Waals surface area contributed by atoms with Gasteiger partial charge in [-0.1, -0.05) is 18.2 Å². The van der Waals surface area contributed by atoms with Gasteiger partial charge in [0.1, 0.15) is 0 Å². The standard InChI is InChI=1S/C8H7O5P/c9-7-5-3-1-2-4-6(5)8(12-7)13-14(10)11/h1-4,8,10-11H. The zero-order valence-corrected chi connectivity index (χ0v) is 7.85. The van der Waals surface area contributed by atoms with E-state index >= 15 is 0 Å². The minimum Gasteiger partial charge on any atom is -0.427 e. The van der Waals surface area contributed by atoms with E-state index in [9.17, 15) is 4.79 Å². The summed E-state index contributed by atoms with van der Waals surface area (Å²) in [5.74, 6) is -0.512. The monoisotopic (exact) mass is 214 g/mol. The number of fused-ring (bicyclic) bond motifs is 1. The average molecular weight is 214 g/mol. The molecule has 1 unspecified atom stereocenters. The zero-order valence-electron chi connectivity index (χ0n) is 6.95. The molecule has 14 heavy (non-hydrogen) atoms. The Labute approximate surface area is 80.9 Å². The third-order valence-electron chi connectivity index (χ3n) is 1.84. The van der Waals surface area contributed by atoms with Gasteiger partial charge in [-0.3, -0.25) is 4.52 Å². The number of carbonyl (C=O) groups excluding carboxylic acids is 1. The van der Waals surface area contributed by atoms with Gasteiger partial charge >= 0.3 is 14.6 Å². The minimum atomic E-state index is -2.53. The molecular formula is C8H7O5P. The van der Waals surface area contributed by atoms with Crippen molar-refractivity contribution in [2.24, 2.45) is 0 Å². The lowest BCUT2D eigenvalue weighted by molar-refractivity contribution is -0.0430. The zero-order chi connectivity index (χ0) is 10.1. The fourth-order valence-electron chi connectivity index (χ4n) is 1.28. The van der Waals surface area contributed by atoms with E-state index in [1.807, 2.05) is 0 Å². The second kappa shape index (κ2) is 3.63. The number of cyclic esters (lactones) is 1. The third kappa shape index (κ3) is 1.63. The summed E-state index contributed by atoms with van der Waals surface area (Å²) in [5, 5.41) is 0. The predicted octanol–water partition coefficient (Wildman–Crippen LogP) is 1.08. The Bertz CT molecular complexity index is 365. The molecule has 1 aliphatic rings. The highest BCUT2D eigenvalue weighted by atomic mass is 31.2. The summed E-state index contributed by atoms with van der Waals surface area (Å²) in [6, 6.07) is 6.65. The van der Waals surface area contributed by atoms with Crippen LogP contribution in [0.4, 0.5) is 0 Å². The van der Waals surface area contributed by atoms with Crippen molar-refractivity contribution in [3.63, 3.8) is 0 Å². The van der Waals surface area contributed by atoms with Crippen molar-refractivity contribution in [3.8, 4) is 0 Å². The van der Waals surface area contributed by atoms with Crippen molar-refractivity contribution < 1.29 is 23.8 Å². The van der Waals surface area contributed by atoms with Crippen LogP contribution in [0, 0.1) is 0 Å². The van der Waals surface area contributed by atoms with Crippen LogP contribution in [0.5, 0.6) is 0 Å². The highest BCUT2D eigenvalue weighted by Gasteiger charge is 2.32. The summed E-state index contributed by atoms with van der Waals surface area (Å²) in [4.78, 5) is 28.5. The third-order valence-corrected chi connectivity index (χ3v) is 2.22. The molecule has 5 nitrogen and oxygen atoms in total. The van der Waals surface area contributed by atoms with Crippen LogP contribution in [0.15, 0.2) is 24.3 Å². The van der Waals surface area contributed by atoms with Gasteiger partial charge in [0.2, 0.25) is 6.29 Å². The number of esters is 1. The van der Waals surface area contributed by atoms with Crippen LogP contribution in [0.3, 0.4) is 0 Å². The maximum absolute atomic E-state index is 11.2. The Morgan fingerprint density at radius 3 is 2.79 bits per heavy atom. The molecule has 1 heterocycles. The first kappa shape index (κ1) is 9.55. The quantitative estimate of drug-likeness (QED) is 0.569. The molecule has 0 saturated heterocycles. The summed E-state index contributed by atoms with van der Waals surface area (Å²) in [6.07, 6.45) is -1.00. The van der Waals surface area contributed by atoms with Crippen LogP contribution in [-0.2, 0) is 9.26 Å². The molecule has 2 rings (SSSR count). The van der Waals surface area contributed by atoms with Gasteiger partial charge in [0.05, 0.1) is 5.56 Å². The van der Waals surface area contributed by atoms with Gasteiger partial charge in [-0.25, -0.2) is 4.79 Å². The van der Waals surface area contributed by atoms with Crippen molar-refractivity contribution >= 4 is 14.6 Å². The fraction of sp³-hybridized carbons (Fsp3) is 0.125. The highest BCUT2D eigenvalue weighted by molar-refractivity contribution is 7.39. The van der Waals surface area contributed by atoms with Gasteiger partial charge in [-0.2, -0.15) is 0 Å². The summed E-state index contributed by atoms with van der Waals surface area (Å²) in [5.41, 5.74) is 0.919. The summed E-state index contributed by atoms with van der Waals surface area (Å²) in [6.45, 7) is 0. The molecule has 1 aromatic carbocycles. The van der Waals surface area contributed by atoms with Gasteiger partial charge in [-0.15, -0.1) is 0 Å². The lowest BCUT2D eigenvalue weighted by Gasteiger charge is -2.10. The van der Waals surface area contributed by atoms with Gasteiger partial charge in [0.25, 0.3) is 0 Å². The molecule has 0 radical (unpaired) electrons. The number of carbonyl (C=O) groups is 1. The van der Waals surface area contributed by atoms with Crippen LogP contribution in [-0.4, -0.2) is 15.8 Å². The van der Waals surface area contributed by atoms with Gasteiger partial charge in [0.15, 0.2) is 0 Å². The van der Waals surface area contributed by atoms with Crippen molar-refractivity contribution in [2.75, 3.05) is 0 Å². The topological polar surface area (TPSA) is 76.0 Å². The van der Waals surface area contributed by atoms with Crippen LogP contribution in [0.2, 0.25) is 0 Å². The molecule has 0 saturated carbocycles. The molecule has 1 aliphatic heterocycles. The molecule has 0 spiro atoms.